The average molecular weight is 298 g/mol. The first-order valence-corrected chi connectivity index (χ1v) is 8.68. The number of hydrogen-bond acceptors (Lipinski definition) is 5. The Morgan fingerprint density at radius 3 is 2.50 bits per heavy atom. The van der Waals surface area contributed by atoms with Gasteiger partial charge in [-0.15, -0.1) is 5.10 Å². The first-order valence-electron chi connectivity index (χ1n) is 6.79. The van der Waals surface area contributed by atoms with E-state index in [1.54, 1.807) is 0 Å². The maximum atomic E-state index is 11.5. The lowest BCUT2D eigenvalue weighted by Gasteiger charge is -2.21. The highest BCUT2D eigenvalue weighted by Gasteiger charge is 2.36. The second-order valence-electron chi connectivity index (χ2n) is 5.84. The molecule has 0 saturated carbocycles. The molecule has 2 heterocycles. The zero-order valence-electron chi connectivity index (χ0n) is 12.4. The predicted molar refractivity (Wildman–Crippen MR) is 79.1 cm³/mol. The molecule has 0 bridgehead atoms. The van der Waals surface area contributed by atoms with Crippen LogP contribution in [0.2, 0.25) is 0 Å². The number of nitrogens with one attached hydrogen (secondary N) is 1. The molecule has 2 atom stereocenters. The highest BCUT2D eigenvalue weighted by atomic mass is 32.2. The lowest BCUT2D eigenvalue weighted by atomic mass is 9.92. The lowest BCUT2D eigenvalue weighted by molar-refractivity contribution is 0.365. The van der Waals surface area contributed by atoms with Crippen LogP contribution in [0.1, 0.15) is 19.5 Å². The quantitative estimate of drug-likeness (QED) is 0.889. The number of sulfonamides is 1. The number of hydrogen-bond donors (Lipinski definition) is 1. The molecule has 6 nitrogen and oxygen atoms in total. The monoisotopic (exact) mass is 298 g/mol. The molecule has 112 valence electrons. The van der Waals surface area contributed by atoms with Gasteiger partial charge < -0.3 is 4.90 Å². The summed E-state index contributed by atoms with van der Waals surface area (Å²) in [6.07, 6.45) is 1.21. The van der Waals surface area contributed by atoms with E-state index in [4.69, 9.17) is 0 Å². The highest BCUT2D eigenvalue weighted by molar-refractivity contribution is 7.88. The fourth-order valence-corrected chi connectivity index (χ4v) is 3.45. The van der Waals surface area contributed by atoms with Crippen LogP contribution in [-0.2, 0) is 10.0 Å². The Morgan fingerprint density at radius 2 is 2.00 bits per heavy atom. The Labute approximate surface area is 120 Å². The van der Waals surface area contributed by atoms with Gasteiger partial charge in [0.15, 0.2) is 5.82 Å². The summed E-state index contributed by atoms with van der Waals surface area (Å²) in [6.45, 7) is 7.56. The van der Waals surface area contributed by atoms with Crippen LogP contribution in [-0.4, -0.2) is 44.0 Å². The van der Waals surface area contributed by atoms with Gasteiger partial charge in [-0.3, -0.25) is 0 Å². The topological polar surface area (TPSA) is 75.2 Å². The predicted octanol–water partition coefficient (Wildman–Crippen LogP) is 0.795. The molecule has 7 heteroatoms. The molecule has 20 heavy (non-hydrogen) atoms. The van der Waals surface area contributed by atoms with Gasteiger partial charge in [-0.05, 0) is 30.9 Å². The van der Waals surface area contributed by atoms with E-state index >= 15 is 0 Å². The summed E-state index contributed by atoms with van der Waals surface area (Å²) in [5.74, 6) is 1.48. The molecule has 1 aliphatic rings. The van der Waals surface area contributed by atoms with Gasteiger partial charge >= 0.3 is 0 Å². The summed E-state index contributed by atoms with van der Waals surface area (Å²) in [4.78, 5) is 2.10. The first-order chi connectivity index (χ1) is 9.26. The Bertz CT molecular complexity index is 556. The molecular weight excluding hydrogens is 276 g/mol. The van der Waals surface area contributed by atoms with Crippen molar-refractivity contribution in [3.63, 3.8) is 0 Å². The fraction of sp³-hybridized carbons (Fsp3) is 0.692. The molecular formula is C13H22N4O2S. The van der Waals surface area contributed by atoms with E-state index in [1.165, 1.54) is 6.26 Å². The largest absolute Gasteiger partial charge is 0.353 e. The molecule has 1 N–H and O–H groups in total. The van der Waals surface area contributed by atoms with E-state index in [9.17, 15) is 8.42 Å². The summed E-state index contributed by atoms with van der Waals surface area (Å²) in [6, 6.07) is 3.78. The highest BCUT2D eigenvalue weighted by Crippen LogP contribution is 2.27. The zero-order valence-corrected chi connectivity index (χ0v) is 13.2. The van der Waals surface area contributed by atoms with Gasteiger partial charge in [0.25, 0.3) is 0 Å². The summed E-state index contributed by atoms with van der Waals surface area (Å²) in [7, 11) is -3.20. The molecule has 2 rings (SSSR count). The van der Waals surface area contributed by atoms with E-state index in [0.29, 0.717) is 12.5 Å². The third-order valence-electron chi connectivity index (χ3n) is 3.69. The summed E-state index contributed by atoms with van der Waals surface area (Å²) in [5.41, 5.74) is 0.874. The molecule has 0 spiro atoms. The average Bonchev–Trinajstić information content (AvgIpc) is 2.71. The van der Waals surface area contributed by atoms with Gasteiger partial charge in [-0.1, -0.05) is 13.8 Å². The summed E-state index contributed by atoms with van der Waals surface area (Å²) >= 11 is 0. The van der Waals surface area contributed by atoms with Crippen molar-refractivity contribution in [3.8, 4) is 0 Å². The minimum Gasteiger partial charge on any atom is -0.353 e. The van der Waals surface area contributed by atoms with E-state index < -0.39 is 10.0 Å². The van der Waals surface area contributed by atoms with Gasteiger partial charge in [0.05, 0.1) is 11.9 Å². The van der Waals surface area contributed by atoms with Gasteiger partial charge in [0.1, 0.15) is 0 Å². The number of nitrogens with zero attached hydrogens (tertiary/aromatic N) is 3. The molecule has 1 aliphatic heterocycles. The van der Waals surface area contributed by atoms with Crippen molar-refractivity contribution < 1.29 is 8.42 Å². The smallest absolute Gasteiger partial charge is 0.209 e. The standard InChI is InChI=1S/C13H22N4O2S/c1-9(2)11-7-17(8-12(11)16-20(4,18)19)13-6-5-10(3)14-15-13/h5-6,9,11-12,16H,7-8H2,1-4H3/t11-,12+/m0/s1. The van der Waals surface area contributed by atoms with Crippen molar-refractivity contribution in [2.24, 2.45) is 11.8 Å². The third-order valence-corrected chi connectivity index (χ3v) is 4.43. The molecule has 0 amide bonds. The Morgan fingerprint density at radius 1 is 1.30 bits per heavy atom. The lowest BCUT2D eigenvalue weighted by Crippen LogP contribution is -2.41. The summed E-state index contributed by atoms with van der Waals surface area (Å²) in [5, 5.41) is 8.25. The summed E-state index contributed by atoms with van der Waals surface area (Å²) < 4.78 is 25.7. The molecule has 0 unspecified atom stereocenters. The van der Waals surface area contributed by atoms with Crippen molar-refractivity contribution in [1.82, 2.24) is 14.9 Å². The van der Waals surface area contributed by atoms with Crippen molar-refractivity contribution in [2.75, 3.05) is 24.2 Å². The molecule has 0 aromatic carbocycles. The van der Waals surface area contributed by atoms with Crippen molar-refractivity contribution in [3.05, 3.63) is 17.8 Å². The van der Waals surface area contributed by atoms with Crippen LogP contribution in [0.5, 0.6) is 0 Å². The second-order valence-corrected chi connectivity index (χ2v) is 7.62. The van der Waals surface area contributed by atoms with Gasteiger partial charge in [0, 0.05) is 19.1 Å². The minimum atomic E-state index is -3.20. The van der Waals surface area contributed by atoms with Gasteiger partial charge in [0.2, 0.25) is 10.0 Å². The SMILES string of the molecule is Cc1ccc(N2C[C@@H](NS(C)(=O)=O)[C@H](C(C)C)C2)nn1. The number of aryl methyl sites for hydroxylation is 1. The Balaban J connectivity index is 2.17. The Hall–Kier alpha value is -1.21. The zero-order chi connectivity index (χ0) is 14.9. The van der Waals surface area contributed by atoms with E-state index in [-0.39, 0.29) is 12.0 Å². The van der Waals surface area contributed by atoms with Crippen LogP contribution in [0.4, 0.5) is 5.82 Å². The minimum absolute atomic E-state index is 0.0758. The van der Waals surface area contributed by atoms with E-state index in [0.717, 1.165) is 18.1 Å². The molecule has 1 aromatic heterocycles. The normalized spacial score (nSPS) is 23.6. The fourth-order valence-electron chi connectivity index (χ4n) is 2.65. The number of aromatic nitrogens is 2. The molecule has 0 radical (unpaired) electrons. The molecule has 1 aromatic rings. The van der Waals surface area contributed by atoms with E-state index in [2.05, 4.69) is 33.7 Å². The van der Waals surface area contributed by atoms with Crippen LogP contribution >= 0.6 is 0 Å². The first kappa shape index (κ1) is 15.2. The molecule has 1 saturated heterocycles. The maximum Gasteiger partial charge on any atom is 0.209 e. The van der Waals surface area contributed by atoms with Gasteiger partial charge in [-0.25, -0.2) is 13.1 Å². The van der Waals surface area contributed by atoms with Crippen LogP contribution < -0.4 is 9.62 Å². The second kappa shape index (κ2) is 5.65. The number of rotatable bonds is 4. The molecule has 1 fully saturated rings. The van der Waals surface area contributed by atoms with Crippen molar-refractivity contribution >= 4 is 15.8 Å². The van der Waals surface area contributed by atoms with Crippen molar-refractivity contribution in [1.29, 1.82) is 0 Å². The molecule has 0 aliphatic carbocycles. The number of anilines is 1. The van der Waals surface area contributed by atoms with Crippen LogP contribution in [0, 0.1) is 18.8 Å². The third kappa shape index (κ3) is 3.67. The van der Waals surface area contributed by atoms with Gasteiger partial charge in [-0.2, -0.15) is 5.10 Å². The maximum absolute atomic E-state index is 11.5. The van der Waals surface area contributed by atoms with Crippen molar-refractivity contribution in [2.45, 2.75) is 26.8 Å². The van der Waals surface area contributed by atoms with Crippen LogP contribution in [0.15, 0.2) is 12.1 Å². The van der Waals surface area contributed by atoms with E-state index in [1.807, 2.05) is 19.1 Å². The van der Waals surface area contributed by atoms with Crippen LogP contribution in [0.3, 0.4) is 0 Å². The Kier molecular flexibility index (Phi) is 4.29. The van der Waals surface area contributed by atoms with Crippen LogP contribution in [0.25, 0.3) is 0 Å².